The third-order valence-corrected chi connectivity index (χ3v) is 5.59. The first-order valence-corrected chi connectivity index (χ1v) is 11.0. The molecule has 2 N–H and O–H groups in total. The molecule has 2 aromatic carbocycles. The van der Waals surface area contributed by atoms with Gasteiger partial charge >= 0.3 is 0 Å². The Bertz CT molecular complexity index is 771. The van der Waals surface area contributed by atoms with E-state index in [9.17, 15) is 0 Å². The molecule has 0 atom stereocenters. The maximum Gasteiger partial charge on any atom is 0.161 e. The Labute approximate surface area is 180 Å². The zero-order chi connectivity index (χ0) is 21.0. The van der Waals surface area contributed by atoms with Crippen molar-refractivity contribution in [2.45, 2.75) is 13.5 Å². The Morgan fingerprint density at radius 1 is 0.867 bits per heavy atom. The summed E-state index contributed by atoms with van der Waals surface area (Å²) in [5.41, 5.74) is 2.54. The average molecular weight is 413 g/mol. The number of ether oxygens (including phenoxy) is 3. The van der Waals surface area contributed by atoms with Crippen LogP contribution in [-0.2, 0) is 11.3 Å². The molecule has 1 heterocycles. The van der Waals surface area contributed by atoms with Gasteiger partial charge in [0.15, 0.2) is 11.5 Å². The van der Waals surface area contributed by atoms with E-state index < -0.39 is 0 Å². The predicted octanol–water partition coefficient (Wildman–Crippen LogP) is 1.11. The van der Waals surface area contributed by atoms with Crippen LogP contribution in [0.4, 0.5) is 0 Å². The van der Waals surface area contributed by atoms with Gasteiger partial charge < -0.3 is 24.0 Å². The maximum atomic E-state index is 5.84. The first-order valence-electron chi connectivity index (χ1n) is 11.0. The van der Waals surface area contributed by atoms with Crippen LogP contribution in [0.5, 0.6) is 11.5 Å². The van der Waals surface area contributed by atoms with Crippen molar-refractivity contribution in [3.05, 3.63) is 65.7 Å². The Morgan fingerprint density at radius 2 is 1.63 bits per heavy atom. The maximum absolute atomic E-state index is 5.84. The summed E-state index contributed by atoms with van der Waals surface area (Å²) in [7, 11) is 1.67. The van der Waals surface area contributed by atoms with Crippen molar-refractivity contribution >= 4 is 6.08 Å². The molecule has 5 nitrogen and oxygen atoms in total. The number of piperazine rings is 1. The molecule has 1 aliphatic heterocycles. The minimum Gasteiger partial charge on any atom is -0.493 e. The number of hydrogen-bond donors (Lipinski definition) is 2. The molecule has 1 aliphatic rings. The van der Waals surface area contributed by atoms with Gasteiger partial charge in [-0.3, -0.25) is 0 Å². The summed E-state index contributed by atoms with van der Waals surface area (Å²) in [6.45, 7) is 11.0. The van der Waals surface area contributed by atoms with E-state index in [1.165, 1.54) is 31.7 Å². The Morgan fingerprint density at radius 3 is 2.37 bits per heavy atom. The molecule has 1 fully saturated rings. The molecule has 1 saturated heterocycles. The third kappa shape index (κ3) is 7.17. The van der Waals surface area contributed by atoms with E-state index >= 15 is 0 Å². The first-order chi connectivity index (χ1) is 14.8. The summed E-state index contributed by atoms with van der Waals surface area (Å²) in [4.78, 5) is 3.34. The van der Waals surface area contributed by atoms with Gasteiger partial charge in [-0.05, 0) is 24.6 Å². The van der Waals surface area contributed by atoms with Gasteiger partial charge in [-0.25, -0.2) is 0 Å². The van der Waals surface area contributed by atoms with Crippen LogP contribution >= 0.6 is 0 Å². The fourth-order valence-corrected chi connectivity index (χ4v) is 3.90. The number of methoxy groups -OCH3 is 1. The molecule has 3 rings (SSSR count). The summed E-state index contributed by atoms with van der Waals surface area (Å²) in [6.07, 6.45) is 4.05. The summed E-state index contributed by atoms with van der Waals surface area (Å²) in [6, 6.07) is 16.8. The smallest absolute Gasteiger partial charge is 0.161 e. The number of hydrogen-bond acceptors (Lipinski definition) is 3. The number of quaternary nitrogens is 2. The van der Waals surface area contributed by atoms with E-state index in [-0.39, 0.29) is 0 Å². The molecule has 0 amide bonds. The molecule has 2 aromatic rings. The lowest BCUT2D eigenvalue weighted by molar-refractivity contribution is -1.02. The van der Waals surface area contributed by atoms with Crippen LogP contribution in [0.15, 0.2) is 54.6 Å². The molecule has 0 bridgehead atoms. The molecular formula is C25H36N2O3+2. The monoisotopic (exact) mass is 412 g/mol. The molecule has 0 saturated carbocycles. The van der Waals surface area contributed by atoms with Crippen molar-refractivity contribution in [2.24, 2.45) is 0 Å². The van der Waals surface area contributed by atoms with Gasteiger partial charge in [0.25, 0.3) is 0 Å². The van der Waals surface area contributed by atoms with E-state index in [0.717, 1.165) is 36.8 Å². The second-order valence-electron chi connectivity index (χ2n) is 7.78. The normalized spacial score (nSPS) is 19.1. The second kappa shape index (κ2) is 12.4. The van der Waals surface area contributed by atoms with Crippen LogP contribution in [-0.4, -0.2) is 59.7 Å². The van der Waals surface area contributed by atoms with E-state index in [4.69, 9.17) is 14.2 Å². The summed E-state index contributed by atoms with van der Waals surface area (Å²) < 4.78 is 17.1. The zero-order valence-electron chi connectivity index (χ0n) is 18.4. The number of allylic oxidation sites excluding steroid dienone is 1. The Balaban J connectivity index is 1.27. The van der Waals surface area contributed by atoms with Crippen molar-refractivity contribution in [3.63, 3.8) is 0 Å². The first kappa shape index (κ1) is 22.3. The zero-order valence-corrected chi connectivity index (χ0v) is 18.4. The lowest BCUT2D eigenvalue weighted by Gasteiger charge is -2.29. The Kier molecular flexibility index (Phi) is 9.22. The van der Waals surface area contributed by atoms with Crippen LogP contribution in [0.3, 0.4) is 0 Å². The standard InChI is InChI=1S/C25H34N2O3/c1-3-7-22-10-11-24(25(20-22)28-2)30-19-18-29-17-16-26-12-14-27(15-13-26)21-23-8-5-4-6-9-23/h3-11,20H,12-19,21H2,1-2H3/p+2/b7-3+. The van der Waals surface area contributed by atoms with Gasteiger partial charge in [0.05, 0.1) is 20.3 Å². The molecule has 0 aliphatic carbocycles. The van der Waals surface area contributed by atoms with Crippen LogP contribution in [0.1, 0.15) is 18.1 Å². The lowest BCUT2D eigenvalue weighted by Crippen LogP contribution is -3.27. The van der Waals surface area contributed by atoms with E-state index in [1.54, 1.807) is 16.9 Å². The van der Waals surface area contributed by atoms with Gasteiger partial charge in [-0.2, -0.15) is 0 Å². The second-order valence-corrected chi connectivity index (χ2v) is 7.78. The molecule has 30 heavy (non-hydrogen) atoms. The van der Waals surface area contributed by atoms with Crippen molar-refractivity contribution < 1.29 is 24.0 Å². The lowest BCUT2D eigenvalue weighted by atomic mass is 10.2. The van der Waals surface area contributed by atoms with E-state index in [2.05, 4.69) is 30.3 Å². The number of nitrogens with one attached hydrogen (secondary N) is 2. The minimum absolute atomic E-state index is 0.531. The third-order valence-electron chi connectivity index (χ3n) is 5.59. The molecule has 0 radical (unpaired) electrons. The highest BCUT2D eigenvalue weighted by atomic mass is 16.5. The van der Waals surface area contributed by atoms with Gasteiger partial charge in [-0.1, -0.05) is 48.6 Å². The minimum atomic E-state index is 0.531. The molecule has 0 aromatic heterocycles. The van der Waals surface area contributed by atoms with E-state index in [1.807, 2.05) is 37.3 Å². The Hall–Kier alpha value is -2.34. The fraction of sp³-hybridized carbons (Fsp3) is 0.440. The molecular weight excluding hydrogens is 376 g/mol. The highest BCUT2D eigenvalue weighted by Gasteiger charge is 2.22. The van der Waals surface area contributed by atoms with Gasteiger partial charge in [0, 0.05) is 5.56 Å². The highest BCUT2D eigenvalue weighted by molar-refractivity contribution is 5.55. The van der Waals surface area contributed by atoms with Crippen LogP contribution in [0.2, 0.25) is 0 Å². The summed E-state index contributed by atoms with van der Waals surface area (Å²) >= 11 is 0. The van der Waals surface area contributed by atoms with E-state index in [0.29, 0.717) is 13.2 Å². The fourth-order valence-electron chi connectivity index (χ4n) is 3.90. The van der Waals surface area contributed by atoms with Crippen molar-refractivity contribution in [2.75, 3.05) is 59.7 Å². The van der Waals surface area contributed by atoms with Crippen molar-refractivity contribution in [1.82, 2.24) is 0 Å². The molecule has 162 valence electrons. The quantitative estimate of drug-likeness (QED) is 0.543. The van der Waals surface area contributed by atoms with Crippen molar-refractivity contribution in [3.8, 4) is 11.5 Å². The molecule has 0 spiro atoms. The number of rotatable bonds is 11. The highest BCUT2D eigenvalue weighted by Crippen LogP contribution is 2.28. The average Bonchev–Trinajstić information content (AvgIpc) is 2.79. The van der Waals surface area contributed by atoms with Gasteiger partial charge in [-0.15, -0.1) is 0 Å². The molecule has 5 heteroatoms. The summed E-state index contributed by atoms with van der Waals surface area (Å²) in [5.74, 6) is 1.52. The SMILES string of the molecule is C/C=C/c1ccc(OCCOCC[NH+]2CC[NH+](Cc3ccccc3)CC2)c(OC)c1. The largest absolute Gasteiger partial charge is 0.493 e. The predicted molar refractivity (Wildman–Crippen MR) is 120 cm³/mol. The molecule has 0 unspecified atom stereocenters. The van der Waals surface area contributed by atoms with Crippen LogP contribution in [0.25, 0.3) is 6.08 Å². The summed E-state index contributed by atoms with van der Waals surface area (Å²) in [5, 5.41) is 0. The van der Waals surface area contributed by atoms with Crippen LogP contribution < -0.4 is 19.3 Å². The number of benzene rings is 2. The van der Waals surface area contributed by atoms with Gasteiger partial charge in [0.2, 0.25) is 0 Å². The van der Waals surface area contributed by atoms with Crippen molar-refractivity contribution in [1.29, 1.82) is 0 Å². The van der Waals surface area contributed by atoms with Gasteiger partial charge in [0.1, 0.15) is 45.9 Å². The van der Waals surface area contributed by atoms with Crippen LogP contribution in [0, 0.1) is 0 Å². The topological polar surface area (TPSA) is 36.6 Å².